The molecule has 0 radical (unpaired) electrons. The molecule has 2 aromatic carbocycles. The Balaban J connectivity index is 1.47. The molecule has 2 rings (SSSR count). The fourth-order valence-corrected chi connectivity index (χ4v) is 4.82. The van der Waals surface area contributed by atoms with E-state index in [1.165, 1.54) is 113 Å². The number of unbranched alkanes of at least 4 members (excludes halogenated alkanes) is 15. The average molecular weight is 454 g/mol. The van der Waals surface area contributed by atoms with Gasteiger partial charge in [0.2, 0.25) is 0 Å². The predicted molar refractivity (Wildman–Crippen MR) is 146 cm³/mol. The number of hydrogen-bond acceptors (Lipinski definition) is 2. The maximum atomic E-state index is 6.22. The summed E-state index contributed by atoms with van der Waals surface area (Å²) in [5.74, 6) is 1.06. The standard InChI is InChI=1S/C31H51NO/c1-2-3-4-5-6-7-8-9-10-11-12-13-14-15-16-19-27-33-31-25-24-28-21-17-18-22-29(28)30(31)23-20-26-32/h17-18,21-22,24-25H,2-16,19-20,23,26-27,32H2,1H3. The molecule has 0 spiro atoms. The van der Waals surface area contributed by atoms with Gasteiger partial charge in [0, 0.05) is 5.56 Å². The molecule has 0 heterocycles. The number of hydrogen-bond donors (Lipinski definition) is 1. The van der Waals surface area contributed by atoms with Crippen LogP contribution >= 0.6 is 0 Å². The molecule has 2 N–H and O–H groups in total. The van der Waals surface area contributed by atoms with E-state index in [0.717, 1.165) is 38.2 Å². The first-order chi connectivity index (χ1) is 16.4. The summed E-state index contributed by atoms with van der Waals surface area (Å²) >= 11 is 0. The highest BCUT2D eigenvalue weighted by atomic mass is 16.5. The van der Waals surface area contributed by atoms with Crippen molar-refractivity contribution in [1.29, 1.82) is 0 Å². The molecule has 0 aliphatic rings. The highest BCUT2D eigenvalue weighted by Gasteiger charge is 2.08. The second-order valence-electron chi connectivity index (χ2n) is 9.81. The Bertz CT molecular complexity index is 726. The van der Waals surface area contributed by atoms with Gasteiger partial charge < -0.3 is 10.5 Å². The van der Waals surface area contributed by atoms with Crippen LogP contribution in [0.25, 0.3) is 10.8 Å². The van der Waals surface area contributed by atoms with Crippen LogP contribution in [0.2, 0.25) is 0 Å². The lowest BCUT2D eigenvalue weighted by atomic mass is 9.99. The van der Waals surface area contributed by atoms with Gasteiger partial charge in [0.1, 0.15) is 5.75 Å². The van der Waals surface area contributed by atoms with Crippen LogP contribution in [0.15, 0.2) is 36.4 Å². The van der Waals surface area contributed by atoms with Crippen molar-refractivity contribution in [2.45, 2.75) is 122 Å². The van der Waals surface area contributed by atoms with E-state index in [0.29, 0.717) is 0 Å². The zero-order valence-electron chi connectivity index (χ0n) is 21.6. The highest BCUT2D eigenvalue weighted by molar-refractivity contribution is 5.87. The van der Waals surface area contributed by atoms with Crippen LogP contribution in [0.3, 0.4) is 0 Å². The molecule has 0 saturated heterocycles. The number of ether oxygens (including phenoxy) is 1. The lowest BCUT2D eigenvalue weighted by molar-refractivity contribution is 0.301. The second kappa shape index (κ2) is 18.8. The summed E-state index contributed by atoms with van der Waals surface area (Å²) in [6.45, 7) is 3.84. The van der Waals surface area contributed by atoms with Crippen LogP contribution in [-0.4, -0.2) is 13.2 Å². The molecule has 0 aliphatic heterocycles. The van der Waals surface area contributed by atoms with E-state index in [4.69, 9.17) is 10.5 Å². The van der Waals surface area contributed by atoms with Gasteiger partial charge in [-0.15, -0.1) is 0 Å². The van der Waals surface area contributed by atoms with E-state index in [-0.39, 0.29) is 0 Å². The van der Waals surface area contributed by atoms with Crippen LogP contribution in [0, 0.1) is 0 Å². The normalized spacial score (nSPS) is 11.3. The van der Waals surface area contributed by atoms with Crippen molar-refractivity contribution < 1.29 is 4.74 Å². The van der Waals surface area contributed by atoms with Gasteiger partial charge >= 0.3 is 0 Å². The molecule has 2 heteroatoms. The van der Waals surface area contributed by atoms with Gasteiger partial charge in [-0.2, -0.15) is 0 Å². The SMILES string of the molecule is CCCCCCCCCCCCCCCCCCOc1ccc2ccccc2c1CCCN. The number of rotatable bonds is 21. The summed E-state index contributed by atoms with van der Waals surface area (Å²) in [5, 5.41) is 2.61. The summed E-state index contributed by atoms with van der Waals surface area (Å²) in [7, 11) is 0. The molecular formula is C31H51NO. The fraction of sp³-hybridized carbons (Fsp3) is 0.677. The molecule has 0 fully saturated rings. The number of fused-ring (bicyclic) bond motifs is 1. The first-order valence-electron chi connectivity index (χ1n) is 14.2. The third-order valence-electron chi connectivity index (χ3n) is 6.88. The molecule has 33 heavy (non-hydrogen) atoms. The van der Waals surface area contributed by atoms with Crippen LogP contribution in [0.4, 0.5) is 0 Å². The summed E-state index contributed by atoms with van der Waals surface area (Å²) in [6, 6.07) is 13.0. The number of benzene rings is 2. The maximum absolute atomic E-state index is 6.22. The van der Waals surface area contributed by atoms with E-state index < -0.39 is 0 Å². The molecule has 0 amide bonds. The topological polar surface area (TPSA) is 35.2 Å². The van der Waals surface area contributed by atoms with Crippen molar-refractivity contribution >= 4 is 10.8 Å². The molecule has 0 saturated carbocycles. The van der Waals surface area contributed by atoms with Crippen LogP contribution in [0.1, 0.15) is 122 Å². The van der Waals surface area contributed by atoms with Crippen LogP contribution in [0.5, 0.6) is 5.75 Å². The summed E-state index contributed by atoms with van der Waals surface area (Å²) in [4.78, 5) is 0. The van der Waals surface area contributed by atoms with Crippen LogP contribution in [-0.2, 0) is 6.42 Å². The first-order valence-corrected chi connectivity index (χ1v) is 14.2. The molecule has 2 nitrogen and oxygen atoms in total. The largest absolute Gasteiger partial charge is 0.493 e. The molecule has 0 aromatic heterocycles. The van der Waals surface area contributed by atoms with E-state index in [1.54, 1.807) is 0 Å². The molecule has 0 atom stereocenters. The Hall–Kier alpha value is -1.54. The summed E-state index contributed by atoms with van der Waals surface area (Å²) in [5.41, 5.74) is 7.10. The van der Waals surface area contributed by atoms with Gasteiger partial charge in [0.15, 0.2) is 0 Å². The second-order valence-corrected chi connectivity index (χ2v) is 9.81. The van der Waals surface area contributed by atoms with Crippen molar-refractivity contribution in [1.82, 2.24) is 0 Å². The van der Waals surface area contributed by atoms with Gasteiger partial charge in [0.05, 0.1) is 6.61 Å². The van der Waals surface area contributed by atoms with Gasteiger partial charge in [-0.3, -0.25) is 0 Å². The van der Waals surface area contributed by atoms with Gasteiger partial charge in [-0.05, 0) is 42.6 Å². The lowest BCUT2D eigenvalue weighted by Gasteiger charge is -2.14. The molecule has 2 aromatic rings. The number of aryl methyl sites for hydroxylation is 1. The van der Waals surface area contributed by atoms with E-state index in [9.17, 15) is 0 Å². The van der Waals surface area contributed by atoms with E-state index >= 15 is 0 Å². The minimum Gasteiger partial charge on any atom is -0.493 e. The summed E-state index contributed by atoms with van der Waals surface area (Å²) < 4.78 is 6.22. The van der Waals surface area contributed by atoms with Crippen LogP contribution < -0.4 is 10.5 Å². The van der Waals surface area contributed by atoms with E-state index in [1.807, 2.05) is 0 Å². The van der Waals surface area contributed by atoms with E-state index in [2.05, 4.69) is 43.3 Å². The Morgan fingerprint density at radius 1 is 0.606 bits per heavy atom. The fourth-order valence-electron chi connectivity index (χ4n) is 4.82. The number of nitrogens with two attached hydrogens (primary N) is 1. The van der Waals surface area contributed by atoms with Crippen molar-refractivity contribution in [3.05, 3.63) is 42.0 Å². The van der Waals surface area contributed by atoms with Crippen molar-refractivity contribution in [2.75, 3.05) is 13.2 Å². The Kier molecular flexibility index (Phi) is 15.8. The minimum atomic E-state index is 0.724. The molecular weight excluding hydrogens is 402 g/mol. The zero-order valence-corrected chi connectivity index (χ0v) is 21.6. The highest BCUT2D eigenvalue weighted by Crippen LogP contribution is 2.29. The smallest absolute Gasteiger partial charge is 0.123 e. The summed E-state index contributed by atoms with van der Waals surface area (Å²) in [6.07, 6.45) is 24.4. The van der Waals surface area contributed by atoms with Gasteiger partial charge in [-0.25, -0.2) is 0 Å². The third kappa shape index (κ3) is 11.9. The average Bonchev–Trinajstić information content (AvgIpc) is 2.85. The van der Waals surface area contributed by atoms with Crippen molar-refractivity contribution in [3.63, 3.8) is 0 Å². The first kappa shape index (κ1) is 27.7. The van der Waals surface area contributed by atoms with Crippen molar-refractivity contribution in [2.24, 2.45) is 5.73 Å². The maximum Gasteiger partial charge on any atom is 0.123 e. The van der Waals surface area contributed by atoms with Gasteiger partial charge in [-0.1, -0.05) is 134 Å². The quantitative estimate of drug-likeness (QED) is 0.191. The molecule has 0 unspecified atom stereocenters. The third-order valence-corrected chi connectivity index (χ3v) is 6.88. The van der Waals surface area contributed by atoms with Crippen molar-refractivity contribution in [3.8, 4) is 5.75 Å². The Labute approximate surface area is 204 Å². The lowest BCUT2D eigenvalue weighted by Crippen LogP contribution is -2.04. The zero-order chi connectivity index (χ0) is 23.4. The molecule has 0 aliphatic carbocycles. The predicted octanol–water partition coefficient (Wildman–Crippen LogP) is 9.37. The molecule has 0 bridgehead atoms. The molecule has 186 valence electrons. The minimum absolute atomic E-state index is 0.724. The monoisotopic (exact) mass is 453 g/mol. The van der Waals surface area contributed by atoms with Gasteiger partial charge in [0.25, 0.3) is 0 Å². The Morgan fingerprint density at radius 3 is 1.73 bits per heavy atom. The Morgan fingerprint density at radius 2 is 1.15 bits per heavy atom.